The fourth-order valence-electron chi connectivity index (χ4n) is 12.8. The predicted molar refractivity (Wildman–Crippen MR) is 332 cm³/mol. The number of para-hydroxylation sites is 5. The summed E-state index contributed by atoms with van der Waals surface area (Å²) in [5, 5.41) is 10.3. The van der Waals surface area contributed by atoms with Crippen molar-refractivity contribution in [3.05, 3.63) is 273 Å². The minimum atomic E-state index is 0.625. The van der Waals surface area contributed by atoms with Gasteiger partial charge < -0.3 is 13.6 Å². The third-order valence-corrected chi connectivity index (χ3v) is 16.5. The molecule has 0 aliphatic rings. The van der Waals surface area contributed by atoms with Gasteiger partial charge in [0.05, 0.1) is 44.3 Å². The second kappa shape index (κ2) is 17.3. The van der Waals surface area contributed by atoms with E-state index in [0.717, 1.165) is 111 Å². The van der Waals surface area contributed by atoms with Crippen molar-refractivity contribution >= 4 is 98.3 Å². The molecule has 372 valence electrons. The summed E-state index contributed by atoms with van der Waals surface area (Å²) < 4.78 is 13.7. The smallest absolute Gasteiger partial charge is 0.235 e. The molecule has 80 heavy (non-hydrogen) atoms. The average molecular weight is 1020 g/mol. The van der Waals surface area contributed by atoms with Crippen LogP contribution in [0.2, 0.25) is 0 Å². The van der Waals surface area contributed by atoms with Gasteiger partial charge in [-0.2, -0.15) is 0 Å². The lowest BCUT2D eigenvalue weighted by atomic mass is 9.96. The summed E-state index contributed by atoms with van der Waals surface area (Å²) in [6.07, 6.45) is 0. The Hall–Kier alpha value is -10.8. The Kier molecular flexibility index (Phi) is 9.61. The number of nitrogens with zero attached hydrogens (tertiary/aromatic N) is 5. The highest BCUT2D eigenvalue weighted by Crippen LogP contribution is 2.44. The molecule has 6 nitrogen and oxygen atoms in total. The van der Waals surface area contributed by atoms with E-state index < -0.39 is 0 Å². The minimum absolute atomic E-state index is 0.625. The van der Waals surface area contributed by atoms with Crippen LogP contribution < -0.4 is 0 Å². The average Bonchev–Trinajstić information content (AvgIpc) is 4.48. The minimum Gasteiger partial charge on any atom is -0.456 e. The number of hydrogen-bond donors (Lipinski definition) is 0. The molecule has 0 saturated heterocycles. The van der Waals surface area contributed by atoms with Gasteiger partial charge in [-0.05, 0) is 143 Å². The van der Waals surface area contributed by atoms with Crippen LogP contribution in [0.15, 0.2) is 277 Å². The molecule has 0 amide bonds. The monoisotopic (exact) mass is 1020 g/mol. The molecule has 0 spiro atoms. The summed E-state index contributed by atoms with van der Waals surface area (Å²) in [6.45, 7) is 0. The Morgan fingerprint density at radius 3 is 1.29 bits per heavy atom. The first-order valence-corrected chi connectivity index (χ1v) is 27.2. The molecule has 0 aliphatic heterocycles. The molecular weight excluding hydrogens is 975 g/mol. The maximum atomic E-state index is 6.68. The molecule has 0 atom stereocenters. The lowest BCUT2D eigenvalue weighted by Gasteiger charge is -2.12. The quantitative estimate of drug-likeness (QED) is 0.160. The molecule has 0 radical (unpaired) electrons. The first-order valence-electron chi connectivity index (χ1n) is 27.2. The highest BCUT2D eigenvalue weighted by molar-refractivity contribution is 6.17. The van der Waals surface area contributed by atoms with Crippen LogP contribution in [0.25, 0.3) is 160 Å². The third-order valence-electron chi connectivity index (χ3n) is 16.5. The first-order chi connectivity index (χ1) is 39.7. The van der Waals surface area contributed by atoms with Crippen LogP contribution in [0.5, 0.6) is 0 Å². The standard InChI is InChI=1S/C74H45N5O/c1-4-17-46(18-5-1)73-57-25-10-13-27-63(57)75-74(76-73)79-68-37-32-48(47-31-36-66-58(41-47)55-23-11-14-28-64(55)77(66)52-19-6-2-7-20-52)42-60(68)61-43-49(33-38-69(61)79)50-35-40-70-62(44-50)72-54(26-16-30-71(72)80-70)51-34-39-67-59(45-51)56-24-12-15-29-65(56)78(67)53-21-8-3-9-22-53/h1-45H. The highest BCUT2D eigenvalue weighted by atomic mass is 16.3. The zero-order chi connectivity index (χ0) is 52.4. The maximum Gasteiger partial charge on any atom is 0.235 e. The van der Waals surface area contributed by atoms with Crippen molar-refractivity contribution in [2.75, 3.05) is 0 Å². The van der Waals surface area contributed by atoms with E-state index in [2.05, 4.69) is 281 Å². The molecule has 17 rings (SSSR count). The summed E-state index contributed by atoms with van der Waals surface area (Å²) in [5.41, 5.74) is 20.4. The van der Waals surface area contributed by atoms with Crippen LogP contribution in [0, 0.1) is 0 Å². The van der Waals surface area contributed by atoms with E-state index in [9.17, 15) is 0 Å². The molecule has 0 unspecified atom stereocenters. The topological polar surface area (TPSA) is 53.7 Å². The maximum absolute atomic E-state index is 6.68. The molecule has 5 heterocycles. The third kappa shape index (κ3) is 6.72. The molecular formula is C74H45N5O. The number of benzene rings is 12. The van der Waals surface area contributed by atoms with Crippen molar-refractivity contribution in [3.8, 4) is 62.0 Å². The molecule has 0 fully saturated rings. The summed E-state index contributed by atoms with van der Waals surface area (Å²) in [4.78, 5) is 10.8. The Labute approximate surface area is 458 Å². The number of aromatic nitrogens is 5. The second-order valence-electron chi connectivity index (χ2n) is 20.9. The Bertz CT molecular complexity index is 5360. The second-order valence-corrected chi connectivity index (χ2v) is 20.9. The van der Waals surface area contributed by atoms with E-state index in [1.807, 2.05) is 6.07 Å². The van der Waals surface area contributed by atoms with Gasteiger partial charge in [0.25, 0.3) is 0 Å². The van der Waals surface area contributed by atoms with Crippen LogP contribution in [-0.2, 0) is 0 Å². The molecule has 5 aromatic heterocycles. The van der Waals surface area contributed by atoms with Gasteiger partial charge in [-0.15, -0.1) is 0 Å². The Balaban J connectivity index is 0.854. The Morgan fingerprint density at radius 1 is 0.263 bits per heavy atom. The van der Waals surface area contributed by atoms with Crippen molar-refractivity contribution in [1.82, 2.24) is 23.7 Å². The van der Waals surface area contributed by atoms with Crippen LogP contribution >= 0.6 is 0 Å². The van der Waals surface area contributed by atoms with Gasteiger partial charge in [-0.1, -0.05) is 164 Å². The molecule has 0 saturated carbocycles. The summed E-state index contributed by atoms with van der Waals surface area (Å²) >= 11 is 0. The van der Waals surface area contributed by atoms with Gasteiger partial charge >= 0.3 is 0 Å². The van der Waals surface area contributed by atoms with Gasteiger partial charge in [0.15, 0.2) is 0 Å². The largest absolute Gasteiger partial charge is 0.456 e. The SMILES string of the molecule is c1ccc(-c2nc(-n3c4ccc(-c5ccc6oc7cccc(-c8ccc9c(c8)c8ccccc8n9-c8ccccc8)c7c6c5)cc4c4cc(-c5ccc6c(c5)c5ccccc5n6-c5ccccc5)ccc43)nc3ccccc23)cc1. The fraction of sp³-hybridized carbons (Fsp3) is 0. The number of hydrogen-bond acceptors (Lipinski definition) is 3. The van der Waals surface area contributed by atoms with Crippen LogP contribution in [0.1, 0.15) is 0 Å². The lowest BCUT2D eigenvalue weighted by Crippen LogP contribution is -2.03. The normalized spacial score (nSPS) is 12.0. The van der Waals surface area contributed by atoms with E-state index in [0.29, 0.717) is 5.95 Å². The van der Waals surface area contributed by atoms with Crippen LogP contribution in [0.4, 0.5) is 0 Å². The van der Waals surface area contributed by atoms with Gasteiger partial charge in [-0.3, -0.25) is 4.57 Å². The van der Waals surface area contributed by atoms with E-state index >= 15 is 0 Å². The fourth-order valence-corrected chi connectivity index (χ4v) is 12.8. The van der Waals surface area contributed by atoms with Crippen molar-refractivity contribution in [1.29, 1.82) is 0 Å². The molecule has 0 N–H and O–H groups in total. The van der Waals surface area contributed by atoms with Gasteiger partial charge in [0.2, 0.25) is 5.95 Å². The number of furan rings is 1. The number of fused-ring (bicyclic) bond motifs is 13. The highest BCUT2D eigenvalue weighted by Gasteiger charge is 2.22. The van der Waals surface area contributed by atoms with E-state index in [1.165, 1.54) is 43.6 Å². The van der Waals surface area contributed by atoms with Crippen molar-refractivity contribution in [2.24, 2.45) is 0 Å². The molecule has 6 heteroatoms. The molecule has 0 bridgehead atoms. The van der Waals surface area contributed by atoms with E-state index in [-0.39, 0.29) is 0 Å². The van der Waals surface area contributed by atoms with Crippen LogP contribution in [-0.4, -0.2) is 23.7 Å². The number of rotatable bonds is 7. The van der Waals surface area contributed by atoms with Gasteiger partial charge in [-0.25, -0.2) is 9.97 Å². The zero-order valence-electron chi connectivity index (χ0n) is 43.1. The molecule has 17 aromatic rings. The van der Waals surface area contributed by atoms with Gasteiger partial charge in [0.1, 0.15) is 11.2 Å². The molecule has 12 aromatic carbocycles. The summed E-state index contributed by atoms with van der Waals surface area (Å²) in [5.74, 6) is 0.625. The Morgan fingerprint density at radius 2 is 0.700 bits per heavy atom. The van der Waals surface area contributed by atoms with E-state index in [1.54, 1.807) is 0 Å². The lowest BCUT2D eigenvalue weighted by molar-refractivity contribution is 0.669. The zero-order valence-corrected chi connectivity index (χ0v) is 43.1. The van der Waals surface area contributed by atoms with Crippen LogP contribution in [0.3, 0.4) is 0 Å². The van der Waals surface area contributed by atoms with Gasteiger partial charge in [0, 0.05) is 65.4 Å². The van der Waals surface area contributed by atoms with Crippen molar-refractivity contribution in [2.45, 2.75) is 0 Å². The predicted octanol–water partition coefficient (Wildman–Crippen LogP) is 19.5. The first kappa shape index (κ1) is 44.3. The summed E-state index contributed by atoms with van der Waals surface area (Å²) in [7, 11) is 0. The van der Waals surface area contributed by atoms with E-state index in [4.69, 9.17) is 14.4 Å². The molecule has 0 aliphatic carbocycles. The van der Waals surface area contributed by atoms with Crippen molar-refractivity contribution in [3.63, 3.8) is 0 Å². The van der Waals surface area contributed by atoms with Crippen molar-refractivity contribution < 1.29 is 4.42 Å². The summed E-state index contributed by atoms with van der Waals surface area (Å²) in [6, 6.07) is 98.1.